The molecule has 0 amide bonds. The fraction of sp³-hybridized carbons (Fsp3) is 1.00. The van der Waals surface area contributed by atoms with Gasteiger partial charge in [0.2, 0.25) is 0 Å². The minimum Gasteiger partial charge on any atom is -0.394 e. The largest absolute Gasteiger partial charge is 0.394 e. The summed E-state index contributed by atoms with van der Waals surface area (Å²) in [5, 5.41) is 13.0. The first kappa shape index (κ1) is 14.9. The molecule has 1 aliphatic heterocycles. The summed E-state index contributed by atoms with van der Waals surface area (Å²) in [6, 6.07) is 0.486. The Kier molecular flexibility index (Phi) is 6.41. The molecule has 2 N–H and O–H groups in total. The van der Waals surface area contributed by atoms with Crippen molar-refractivity contribution in [2.75, 3.05) is 39.5 Å². The molecule has 1 aliphatic rings. The zero-order valence-electron chi connectivity index (χ0n) is 11.5. The van der Waals surface area contributed by atoms with Crippen molar-refractivity contribution in [3.63, 3.8) is 0 Å². The predicted octanol–water partition coefficient (Wildman–Crippen LogP) is 0.848. The maximum absolute atomic E-state index is 9.55. The van der Waals surface area contributed by atoms with Gasteiger partial charge in [-0.2, -0.15) is 0 Å². The Balaban J connectivity index is 2.42. The molecule has 0 saturated carbocycles. The first-order chi connectivity index (χ1) is 8.11. The summed E-state index contributed by atoms with van der Waals surface area (Å²) in [5.41, 5.74) is -0.159. The molecule has 17 heavy (non-hydrogen) atoms. The van der Waals surface area contributed by atoms with Crippen molar-refractivity contribution >= 4 is 0 Å². The van der Waals surface area contributed by atoms with Crippen LogP contribution in [-0.2, 0) is 4.74 Å². The van der Waals surface area contributed by atoms with Gasteiger partial charge >= 0.3 is 0 Å². The van der Waals surface area contributed by atoms with Crippen molar-refractivity contribution in [2.24, 2.45) is 0 Å². The topological polar surface area (TPSA) is 44.7 Å². The van der Waals surface area contributed by atoms with Gasteiger partial charge in [0, 0.05) is 24.7 Å². The Labute approximate surface area is 105 Å². The Morgan fingerprint density at radius 3 is 2.59 bits per heavy atom. The van der Waals surface area contributed by atoms with Crippen molar-refractivity contribution in [1.82, 2.24) is 10.2 Å². The van der Waals surface area contributed by atoms with Gasteiger partial charge in [-0.1, -0.05) is 6.92 Å². The molecule has 2 atom stereocenters. The van der Waals surface area contributed by atoms with E-state index in [0.717, 1.165) is 45.7 Å². The molecule has 0 aromatic heterocycles. The van der Waals surface area contributed by atoms with Crippen LogP contribution < -0.4 is 5.32 Å². The van der Waals surface area contributed by atoms with Gasteiger partial charge in [-0.15, -0.1) is 0 Å². The van der Waals surface area contributed by atoms with E-state index >= 15 is 0 Å². The smallest absolute Gasteiger partial charge is 0.0611 e. The highest BCUT2D eigenvalue weighted by Gasteiger charge is 2.28. The quantitative estimate of drug-likeness (QED) is 0.697. The lowest BCUT2D eigenvalue weighted by Gasteiger charge is -2.38. The van der Waals surface area contributed by atoms with Crippen LogP contribution >= 0.6 is 0 Å². The monoisotopic (exact) mass is 244 g/mol. The molecule has 0 radical (unpaired) electrons. The number of aliphatic hydroxyl groups excluding tert-OH is 1. The third kappa shape index (κ3) is 4.92. The summed E-state index contributed by atoms with van der Waals surface area (Å²) in [6.45, 7) is 11.4. The molecule has 2 unspecified atom stereocenters. The third-order valence-corrected chi connectivity index (χ3v) is 3.57. The van der Waals surface area contributed by atoms with E-state index < -0.39 is 0 Å². The van der Waals surface area contributed by atoms with E-state index in [1.165, 1.54) is 0 Å². The zero-order chi connectivity index (χ0) is 12.7. The third-order valence-electron chi connectivity index (χ3n) is 3.57. The van der Waals surface area contributed by atoms with E-state index in [-0.39, 0.29) is 12.1 Å². The second kappa shape index (κ2) is 7.31. The summed E-state index contributed by atoms with van der Waals surface area (Å²) in [5.74, 6) is 0. The van der Waals surface area contributed by atoms with Crippen LogP contribution in [-0.4, -0.2) is 61.0 Å². The molecule has 1 heterocycles. The van der Waals surface area contributed by atoms with Crippen LogP contribution in [0.15, 0.2) is 0 Å². The molecule has 1 fully saturated rings. The molecule has 0 aliphatic carbocycles. The molecule has 1 saturated heterocycles. The maximum Gasteiger partial charge on any atom is 0.0611 e. The van der Waals surface area contributed by atoms with E-state index in [9.17, 15) is 5.11 Å². The number of morpholine rings is 1. The lowest BCUT2D eigenvalue weighted by atomic mass is 9.93. The summed E-state index contributed by atoms with van der Waals surface area (Å²) in [4.78, 5) is 2.45. The zero-order valence-corrected chi connectivity index (χ0v) is 11.5. The Morgan fingerprint density at radius 2 is 2.06 bits per heavy atom. The van der Waals surface area contributed by atoms with Crippen molar-refractivity contribution in [2.45, 2.75) is 45.2 Å². The summed E-state index contributed by atoms with van der Waals surface area (Å²) in [6.07, 6.45) is 2.07. The maximum atomic E-state index is 9.55. The van der Waals surface area contributed by atoms with E-state index in [1.807, 2.05) is 0 Å². The van der Waals surface area contributed by atoms with Crippen molar-refractivity contribution in [1.29, 1.82) is 0 Å². The Bertz CT molecular complexity index is 208. The fourth-order valence-corrected chi connectivity index (χ4v) is 2.42. The summed E-state index contributed by atoms with van der Waals surface area (Å²) in [7, 11) is 0. The standard InChI is InChI=1S/C13H28N2O2/c1-4-5-14-13(3,11-16)10-12(2)15-6-8-17-9-7-15/h12,14,16H,4-11H2,1-3H3. The Hall–Kier alpha value is -0.160. The van der Waals surface area contributed by atoms with Gasteiger partial charge < -0.3 is 15.2 Å². The van der Waals surface area contributed by atoms with Crippen molar-refractivity contribution in [3.05, 3.63) is 0 Å². The first-order valence-electron chi connectivity index (χ1n) is 6.79. The molecule has 4 heteroatoms. The molecular weight excluding hydrogens is 216 g/mol. The number of nitrogens with zero attached hydrogens (tertiary/aromatic N) is 1. The van der Waals surface area contributed by atoms with Crippen LogP contribution in [0.4, 0.5) is 0 Å². The van der Waals surface area contributed by atoms with Crippen LogP contribution in [0.25, 0.3) is 0 Å². The molecular formula is C13H28N2O2. The van der Waals surface area contributed by atoms with Gasteiger partial charge in [0.05, 0.1) is 19.8 Å². The normalized spacial score (nSPS) is 23.3. The van der Waals surface area contributed by atoms with Gasteiger partial charge in [-0.05, 0) is 33.2 Å². The molecule has 0 aromatic rings. The summed E-state index contributed by atoms with van der Waals surface area (Å²) >= 11 is 0. The van der Waals surface area contributed by atoms with Gasteiger partial charge in [-0.3, -0.25) is 4.90 Å². The van der Waals surface area contributed by atoms with E-state index in [0.29, 0.717) is 6.04 Å². The highest BCUT2D eigenvalue weighted by atomic mass is 16.5. The number of nitrogens with one attached hydrogen (secondary N) is 1. The minimum atomic E-state index is -0.159. The number of aliphatic hydroxyl groups is 1. The number of ether oxygens (including phenoxy) is 1. The van der Waals surface area contributed by atoms with Crippen LogP contribution in [0.3, 0.4) is 0 Å². The van der Waals surface area contributed by atoms with Crippen molar-refractivity contribution < 1.29 is 9.84 Å². The highest BCUT2D eigenvalue weighted by molar-refractivity contribution is 4.87. The second-order valence-electron chi connectivity index (χ2n) is 5.35. The lowest BCUT2D eigenvalue weighted by molar-refractivity contribution is 0.00949. The van der Waals surface area contributed by atoms with Gasteiger partial charge in [-0.25, -0.2) is 0 Å². The van der Waals surface area contributed by atoms with Crippen LogP contribution in [0.5, 0.6) is 0 Å². The number of hydrogen-bond donors (Lipinski definition) is 2. The first-order valence-corrected chi connectivity index (χ1v) is 6.79. The van der Waals surface area contributed by atoms with E-state index in [2.05, 4.69) is 31.0 Å². The van der Waals surface area contributed by atoms with Crippen LogP contribution in [0.2, 0.25) is 0 Å². The van der Waals surface area contributed by atoms with Gasteiger partial charge in [0.1, 0.15) is 0 Å². The Morgan fingerprint density at radius 1 is 1.41 bits per heavy atom. The van der Waals surface area contributed by atoms with Crippen LogP contribution in [0.1, 0.15) is 33.6 Å². The average molecular weight is 244 g/mol. The SMILES string of the molecule is CCCNC(C)(CO)CC(C)N1CCOCC1. The van der Waals surface area contributed by atoms with Crippen LogP contribution in [0, 0.1) is 0 Å². The average Bonchev–Trinajstić information content (AvgIpc) is 2.37. The van der Waals surface area contributed by atoms with Gasteiger partial charge in [0.25, 0.3) is 0 Å². The highest BCUT2D eigenvalue weighted by Crippen LogP contribution is 2.17. The second-order valence-corrected chi connectivity index (χ2v) is 5.35. The van der Waals surface area contributed by atoms with Crippen molar-refractivity contribution in [3.8, 4) is 0 Å². The molecule has 4 nitrogen and oxygen atoms in total. The molecule has 1 rings (SSSR count). The van der Waals surface area contributed by atoms with E-state index in [4.69, 9.17) is 4.74 Å². The molecule has 0 aromatic carbocycles. The predicted molar refractivity (Wildman–Crippen MR) is 70.3 cm³/mol. The van der Waals surface area contributed by atoms with E-state index in [1.54, 1.807) is 0 Å². The number of hydrogen-bond acceptors (Lipinski definition) is 4. The minimum absolute atomic E-state index is 0.159. The lowest BCUT2D eigenvalue weighted by Crippen LogP contribution is -2.52. The van der Waals surface area contributed by atoms with Gasteiger partial charge in [0.15, 0.2) is 0 Å². The fourth-order valence-electron chi connectivity index (χ4n) is 2.42. The summed E-state index contributed by atoms with van der Waals surface area (Å²) < 4.78 is 5.36. The molecule has 0 bridgehead atoms. The number of rotatable bonds is 7. The molecule has 102 valence electrons. The molecule has 0 spiro atoms.